The minimum absolute atomic E-state index is 0.0466. The highest BCUT2D eigenvalue weighted by molar-refractivity contribution is 5.37. The summed E-state index contributed by atoms with van der Waals surface area (Å²) in [6.45, 7) is 8.63. The molecule has 0 amide bonds. The van der Waals surface area contributed by atoms with Crippen LogP contribution >= 0.6 is 0 Å². The lowest BCUT2D eigenvalue weighted by molar-refractivity contribution is 0.192. The summed E-state index contributed by atoms with van der Waals surface area (Å²) in [5.41, 5.74) is 0.622. The monoisotopic (exact) mass is 250 g/mol. The van der Waals surface area contributed by atoms with E-state index in [0.29, 0.717) is 11.7 Å². The second kappa shape index (κ2) is 6.11. The third kappa shape index (κ3) is 2.97. The number of hydrogen-bond acceptors (Lipinski definition) is 5. The van der Waals surface area contributed by atoms with Gasteiger partial charge in [-0.2, -0.15) is 5.10 Å². The fourth-order valence-corrected chi connectivity index (χ4v) is 2.26. The third-order valence-electron chi connectivity index (χ3n) is 3.72. The van der Waals surface area contributed by atoms with Crippen LogP contribution < -0.4 is 4.90 Å². The Hall–Kier alpha value is -1.20. The molecule has 0 bridgehead atoms. The molecule has 0 radical (unpaired) electrons. The maximum absolute atomic E-state index is 8.94. The first-order valence-electron chi connectivity index (χ1n) is 6.67. The molecular weight excluding hydrogens is 228 g/mol. The van der Waals surface area contributed by atoms with Gasteiger partial charge < -0.3 is 10.0 Å². The molecule has 1 N–H and O–H groups in total. The summed E-state index contributed by atoms with van der Waals surface area (Å²) in [7, 11) is 0. The smallest absolute Gasteiger partial charge is 0.151 e. The Morgan fingerprint density at radius 1 is 1.22 bits per heavy atom. The van der Waals surface area contributed by atoms with Gasteiger partial charge in [0.05, 0.1) is 12.3 Å². The molecule has 1 aromatic heterocycles. The zero-order chi connectivity index (χ0) is 13.0. The van der Waals surface area contributed by atoms with Gasteiger partial charge in [0, 0.05) is 32.2 Å². The van der Waals surface area contributed by atoms with Crippen molar-refractivity contribution in [3.63, 3.8) is 0 Å². The zero-order valence-corrected chi connectivity index (χ0v) is 11.2. The van der Waals surface area contributed by atoms with Crippen molar-refractivity contribution in [2.45, 2.75) is 32.9 Å². The lowest BCUT2D eigenvalue weighted by Gasteiger charge is -2.38. The Labute approximate surface area is 108 Å². The fraction of sp³-hybridized carbons (Fsp3) is 0.692. The number of aromatic nitrogens is 2. The first-order valence-corrected chi connectivity index (χ1v) is 6.67. The van der Waals surface area contributed by atoms with E-state index in [1.54, 1.807) is 0 Å². The average molecular weight is 250 g/mol. The van der Waals surface area contributed by atoms with Crippen molar-refractivity contribution in [2.75, 3.05) is 31.1 Å². The van der Waals surface area contributed by atoms with E-state index < -0.39 is 0 Å². The summed E-state index contributed by atoms with van der Waals surface area (Å²) in [6.07, 6.45) is 1.20. The maximum Gasteiger partial charge on any atom is 0.151 e. The van der Waals surface area contributed by atoms with Gasteiger partial charge in [-0.15, -0.1) is 5.10 Å². The second-order valence-electron chi connectivity index (χ2n) is 4.82. The summed E-state index contributed by atoms with van der Waals surface area (Å²) >= 11 is 0. The average Bonchev–Trinajstić information content (AvgIpc) is 2.47. The lowest BCUT2D eigenvalue weighted by Crippen LogP contribution is -2.49. The van der Waals surface area contributed by atoms with Gasteiger partial charge in [-0.3, -0.25) is 4.90 Å². The third-order valence-corrected chi connectivity index (χ3v) is 3.72. The summed E-state index contributed by atoms with van der Waals surface area (Å²) in [6, 6.07) is 4.44. The Bertz CT molecular complexity index is 360. The van der Waals surface area contributed by atoms with E-state index in [1.807, 2.05) is 12.1 Å². The van der Waals surface area contributed by atoms with E-state index in [9.17, 15) is 0 Å². The molecule has 100 valence electrons. The Balaban J connectivity index is 1.92. The first-order chi connectivity index (χ1) is 8.74. The van der Waals surface area contributed by atoms with Gasteiger partial charge in [0.25, 0.3) is 0 Å². The highest BCUT2D eigenvalue weighted by Gasteiger charge is 2.20. The molecule has 1 aliphatic heterocycles. The molecule has 1 unspecified atom stereocenters. The fourth-order valence-electron chi connectivity index (χ4n) is 2.26. The Morgan fingerprint density at radius 3 is 2.44 bits per heavy atom. The van der Waals surface area contributed by atoms with Crippen molar-refractivity contribution in [3.8, 4) is 0 Å². The normalized spacial score (nSPS) is 18.9. The molecule has 1 fully saturated rings. The van der Waals surface area contributed by atoms with Gasteiger partial charge in [-0.25, -0.2) is 0 Å². The number of anilines is 1. The van der Waals surface area contributed by atoms with Crippen molar-refractivity contribution in [1.82, 2.24) is 15.1 Å². The minimum Gasteiger partial charge on any atom is -0.390 e. The van der Waals surface area contributed by atoms with Crippen LogP contribution in [0.15, 0.2) is 12.1 Å². The number of aliphatic hydroxyl groups is 1. The molecule has 0 saturated carbocycles. The van der Waals surface area contributed by atoms with Crippen molar-refractivity contribution in [1.29, 1.82) is 0 Å². The number of hydrogen-bond donors (Lipinski definition) is 1. The molecule has 0 aromatic carbocycles. The van der Waals surface area contributed by atoms with Crippen molar-refractivity contribution >= 4 is 5.82 Å². The second-order valence-corrected chi connectivity index (χ2v) is 4.82. The molecule has 1 saturated heterocycles. The summed E-state index contributed by atoms with van der Waals surface area (Å²) in [4.78, 5) is 4.78. The Kier molecular flexibility index (Phi) is 4.49. The molecule has 0 spiro atoms. The topological polar surface area (TPSA) is 52.5 Å². The van der Waals surface area contributed by atoms with Gasteiger partial charge in [-0.05, 0) is 25.5 Å². The highest BCUT2D eigenvalue weighted by atomic mass is 16.3. The Morgan fingerprint density at radius 2 is 1.94 bits per heavy atom. The molecule has 1 aliphatic rings. The predicted molar refractivity (Wildman–Crippen MR) is 71.5 cm³/mol. The predicted octanol–water partition coefficient (Wildman–Crippen LogP) is 0.889. The highest BCUT2D eigenvalue weighted by Crippen LogP contribution is 2.15. The van der Waals surface area contributed by atoms with Crippen molar-refractivity contribution < 1.29 is 5.11 Å². The lowest BCUT2D eigenvalue weighted by atomic mass is 10.2. The van der Waals surface area contributed by atoms with Crippen LogP contribution in [0.1, 0.15) is 26.0 Å². The van der Waals surface area contributed by atoms with Gasteiger partial charge >= 0.3 is 0 Å². The van der Waals surface area contributed by atoms with E-state index >= 15 is 0 Å². The molecular formula is C13H22N4O. The van der Waals surface area contributed by atoms with Crippen molar-refractivity contribution in [3.05, 3.63) is 17.8 Å². The molecule has 5 heteroatoms. The van der Waals surface area contributed by atoms with Crippen LogP contribution in [-0.4, -0.2) is 52.4 Å². The number of nitrogens with zero attached hydrogens (tertiary/aromatic N) is 4. The maximum atomic E-state index is 8.94. The number of piperazine rings is 1. The molecule has 18 heavy (non-hydrogen) atoms. The number of aliphatic hydroxyl groups excluding tert-OH is 1. The van der Waals surface area contributed by atoms with Crippen LogP contribution in [0.2, 0.25) is 0 Å². The van der Waals surface area contributed by atoms with Crippen LogP contribution in [0, 0.1) is 0 Å². The van der Waals surface area contributed by atoms with Gasteiger partial charge in [0.15, 0.2) is 5.82 Å². The molecule has 1 atom stereocenters. The van der Waals surface area contributed by atoms with Gasteiger partial charge in [0.2, 0.25) is 0 Å². The summed E-state index contributed by atoms with van der Waals surface area (Å²) in [5, 5.41) is 17.1. The molecule has 1 aromatic rings. The van der Waals surface area contributed by atoms with E-state index in [2.05, 4.69) is 33.8 Å². The van der Waals surface area contributed by atoms with E-state index in [4.69, 9.17) is 5.11 Å². The van der Waals surface area contributed by atoms with Crippen LogP contribution in [0.25, 0.3) is 0 Å². The van der Waals surface area contributed by atoms with Crippen LogP contribution in [0.3, 0.4) is 0 Å². The molecule has 2 heterocycles. The zero-order valence-electron chi connectivity index (χ0n) is 11.2. The quantitative estimate of drug-likeness (QED) is 0.860. The van der Waals surface area contributed by atoms with Gasteiger partial charge in [-0.1, -0.05) is 6.92 Å². The number of rotatable bonds is 4. The molecule has 2 rings (SSSR count). The largest absolute Gasteiger partial charge is 0.390 e. The standard InChI is InChI=1S/C13H22N4O/c1-3-11(2)16-6-8-17(9-7-16)13-5-4-12(10-18)14-15-13/h4-5,11,18H,3,6-10H2,1-2H3. The van der Waals surface area contributed by atoms with Crippen LogP contribution in [0.4, 0.5) is 5.82 Å². The SMILES string of the molecule is CCC(C)N1CCN(c2ccc(CO)nn2)CC1. The molecule has 0 aliphatic carbocycles. The minimum atomic E-state index is -0.0466. The van der Waals surface area contributed by atoms with Crippen LogP contribution in [-0.2, 0) is 6.61 Å². The van der Waals surface area contributed by atoms with Gasteiger partial charge in [0.1, 0.15) is 0 Å². The molecule has 5 nitrogen and oxygen atoms in total. The first kappa shape index (κ1) is 13.2. The van der Waals surface area contributed by atoms with E-state index in [1.165, 1.54) is 6.42 Å². The summed E-state index contributed by atoms with van der Waals surface area (Å²) in [5.74, 6) is 0.913. The van der Waals surface area contributed by atoms with E-state index in [-0.39, 0.29) is 6.61 Å². The van der Waals surface area contributed by atoms with Crippen molar-refractivity contribution in [2.24, 2.45) is 0 Å². The van der Waals surface area contributed by atoms with E-state index in [0.717, 1.165) is 32.0 Å². The van der Waals surface area contributed by atoms with Crippen LogP contribution in [0.5, 0.6) is 0 Å². The summed E-state index contributed by atoms with van der Waals surface area (Å²) < 4.78 is 0.